The minimum Gasteiger partial charge on any atom is -0.371 e. The van der Waals surface area contributed by atoms with E-state index in [1.807, 2.05) is 0 Å². The minimum absolute atomic E-state index is 0.528. The minimum atomic E-state index is 0.528. The lowest BCUT2D eigenvalue weighted by Gasteiger charge is -2.22. The van der Waals surface area contributed by atoms with Crippen LogP contribution in [0.4, 0.5) is 5.69 Å². The molecule has 0 atom stereocenters. The van der Waals surface area contributed by atoms with Crippen LogP contribution in [0, 0.1) is 0 Å². The molecule has 94 valence electrons. The Morgan fingerprint density at radius 3 is 2.65 bits per heavy atom. The molecule has 0 radical (unpaired) electrons. The number of nitrogens with one attached hydrogen (secondary N) is 1. The zero-order valence-electron chi connectivity index (χ0n) is 10.7. The summed E-state index contributed by atoms with van der Waals surface area (Å²) in [7, 11) is 0. The lowest BCUT2D eigenvalue weighted by Crippen LogP contribution is -2.25. The predicted molar refractivity (Wildman–Crippen MR) is 77.6 cm³/mol. The maximum absolute atomic E-state index is 3.57. The van der Waals surface area contributed by atoms with Crippen LogP contribution in [0.25, 0.3) is 0 Å². The first kappa shape index (κ1) is 12.9. The van der Waals surface area contributed by atoms with E-state index in [4.69, 9.17) is 0 Å². The van der Waals surface area contributed by atoms with Crippen LogP contribution in [-0.2, 0) is 6.54 Å². The van der Waals surface area contributed by atoms with Crippen LogP contribution in [0.1, 0.15) is 32.3 Å². The summed E-state index contributed by atoms with van der Waals surface area (Å²) in [6, 6.07) is 7.16. The third-order valence-electron chi connectivity index (χ3n) is 3.19. The average molecular weight is 297 g/mol. The SMILES string of the molecule is CC(C)NCc1cc(Br)ccc1N1CCCC1. The fraction of sp³-hybridized carbons (Fsp3) is 0.571. The first-order valence-electron chi connectivity index (χ1n) is 6.43. The molecule has 0 amide bonds. The Hall–Kier alpha value is -0.540. The van der Waals surface area contributed by atoms with Crippen molar-refractivity contribution in [2.45, 2.75) is 39.3 Å². The van der Waals surface area contributed by atoms with Crippen LogP contribution in [0.2, 0.25) is 0 Å². The fourth-order valence-corrected chi connectivity index (χ4v) is 2.68. The number of nitrogens with zero attached hydrogens (tertiary/aromatic N) is 1. The van der Waals surface area contributed by atoms with Crippen molar-refractivity contribution in [2.24, 2.45) is 0 Å². The van der Waals surface area contributed by atoms with Gasteiger partial charge >= 0.3 is 0 Å². The molecule has 1 aliphatic heterocycles. The Morgan fingerprint density at radius 2 is 2.00 bits per heavy atom. The molecule has 0 spiro atoms. The number of rotatable bonds is 4. The molecule has 0 aromatic heterocycles. The molecule has 1 fully saturated rings. The van der Waals surface area contributed by atoms with Gasteiger partial charge in [0, 0.05) is 35.8 Å². The Morgan fingerprint density at radius 1 is 1.29 bits per heavy atom. The highest BCUT2D eigenvalue weighted by Crippen LogP contribution is 2.27. The second-order valence-electron chi connectivity index (χ2n) is 5.00. The summed E-state index contributed by atoms with van der Waals surface area (Å²) in [5.41, 5.74) is 2.80. The first-order chi connectivity index (χ1) is 8.16. The van der Waals surface area contributed by atoms with Gasteiger partial charge in [0.05, 0.1) is 0 Å². The van der Waals surface area contributed by atoms with Crippen molar-refractivity contribution in [3.8, 4) is 0 Å². The molecule has 1 N–H and O–H groups in total. The van der Waals surface area contributed by atoms with Crippen LogP contribution in [0.5, 0.6) is 0 Å². The van der Waals surface area contributed by atoms with Gasteiger partial charge in [-0.2, -0.15) is 0 Å². The standard InChI is InChI=1S/C14H21BrN2/c1-11(2)16-10-12-9-13(15)5-6-14(12)17-7-3-4-8-17/h5-6,9,11,16H,3-4,7-8,10H2,1-2H3. The molecule has 1 aromatic carbocycles. The van der Waals surface area contributed by atoms with Crippen LogP contribution in [0.3, 0.4) is 0 Å². The molecule has 1 heterocycles. The molecule has 2 nitrogen and oxygen atoms in total. The van der Waals surface area contributed by atoms with Crippen molar-refractivity contribution in [1.82, 2.24) is 5.32 Å². The van der Waals surface area contributed by atoms with E-state index >= 15 is 0 Å². The fourth-order valence-electron chi connectivity index (χ4n) is 2.28. The molecule has 0 aliphatic carbocycles. The summed E-state index contributed by atoms with van der Waals surface area (Å²) in [6.07, 6.45) is 2.65. The van der Waals surface area contributed by atoms with Gasteiger partial charge < -0.3 is 10.2 Å². The molecule has 3 heteroatoms. The summed E-state index contributed by atoms with van der Waals surface area (Å²) < 4.78 is 1.17. The molecule has 1 saturated heterocycles. The zero-order chi connectivity index (χ0) is 12.3. The van der Waals surface area contributed by atoms with Crippen LogP contribution < -0.4 is 10.2 Å². The molecule has 0 unspecified atom stereocenters. The second-order valence-corrected chi connectivity index (χ2v) is 5.92. The van der Waals surface area contributed by atoms with Gasteiger partial charge in [0.15, 0.2) is 0 Å². The van der Waals surface area contributed by atoms with E-state index in [-0.39, 0.29) is 0 Å². The molecule has 2 rings (SSSR count). The van der Waals surface area contributed by atoms with Gasteiger partial charge in [-0.1, -0.05) is 29.8 Å². The van der Waals surface area contributed by atoms with Crippen LogP contribution in [0.15, 0.2) is 22.7 Å². The molecule has 1 aliphatic rings. The smallest absolute Gasteiger partial charge is 0.0412 e. The van der Waals surface area contributed by atoms with E-state index in [1.54, 1.807) is 0 Å². The molecular formula is C14H21BrN2. The molecule has 0 saturated carbocycles. The lowest BCUT2D eigenvalue weighted by molar-refractivity contribution is 0.588. The van der Waals surface area contributed by atoms with E-state index in [1.165, 1.54) is 41.7 Å². The largest absolute Gasteiger partial charge is 0.371 e. The highest BCUT2D eigenvalue weighted by Gasteiger charge is 2.15. The summed E-state index contributed by atoms with van der Waals surface area (Å²) in [5.74, 6) is 0. The third-order valence-corrected chi connectivity index (χ3v) is 3.68. The van der Waals surface area contributed by atoms with Crippen LogP contribution in [-0.4, -0.2) is 19.1 Å². The summed E-state index contributed by atoms with van der Waals surface area (Å²) in [4.78, 5) is 2.50. The molecule has 17 heavy (non-hydrogen) atoms. The van der Waals surface area contributed by atoms with Crippen molar-refractivity contribution < 1.29 is 0 Å². The Bertz CT molecular complexity index is 370. The number of hydrogen-bond acceptors (Lipinski definition) is 2. The Balaban J connectivity index is 2.17. The van der Waals surface area contributed by atoms with Gasteiger partial charge in [-0.05, 0) is 36.6 Å². The molecular weight excluding hydrogens is 276 g/mol. The third kappa shape index (κ3) is 3.46. The van der Waals surface area contributed by atoms with Gasteiger partial charge in [-0.15, -0.1) is 0 Å². The second kappa shape index (κ2) is 5.87. The summed E-state index contributed by atoms with van der Waals surface area (Å²) in [6.45, 7) is 7.73. The van der Waals surface area contributed by atoms with Gasteiger partial charge in [-0.25, -0.2) is 0 Å². The van der Waals surface area contributed by atoms with Gasteiger partial charge in [0.1, 0.15) is 0 Å². The number of hydrogen-bond donors (Lipinski definition) is 1. The summed E-state index contributed by atoms with van der Waals surface area (Å²) in [5, 5.41) is 3.51. The van der Waals surface area contributed by atoms with E-state index in [2.05, 4.69) is 58.2 Å². The van der Waals surface area contributed by atoms with Crippen molar-refractivity contribution in [3.63, 3.8) is 0 Å². The van der Waals surface area contributed by atoms with Gasteiger partial charge in [-0.3, -0.25) is 0 Å². The Kier molecular flexibility index (Phi) is 4.46. The normalized spacial score (nSPS) is 15.9. The van der Waals surface area contributed by atoms with E-state index in [0.29, 0.717) is 6.04 Å². The van der Waals surface area contributed by atoms with Crippen molar-refractivity contribution >= 4 is 21.6 Å². The highest BCUT2D eigenvalue weighted by molar-refractivity contribution is 9.10. The van der Waals surface area contributed by atoms with Gasteiger partial charge in [0.2, 0.25) is 0 Å². The summed E-state index contributed by atoms with van der Waals surface area (Å²) >= 11 is 3.57. The topological polar surface area (TPSA) is 15.3 Å². The van der Waals surface area contributed by atoms with E-state index < -0.39 is 0 Å². The predicted octanol–water partition coefficient (Wildman–Crippen LogP) is 3.55. The first-order valence-corrected chi connectivity index (χ1v) is 7.23. The average Bonchev–Trinajstić information content (AvgIpc) is 2.80. The maximum atomic E-state index is 3.57. The number of benzene rings is 1. The monoisotopic (exact) mass is 296 g/mol. The van der Waals surface area contributed by atoms with E-state index in [9.17, 15) is 0 Å². The lowest BCUT2D eigenvalue weighted by atomic mass is 10.1. The van der Waals surface area contributed by atoms with Crippen molar-refractivity contribution in [1.29, 1.82) is 0 Å². The zero-order valence-corrected chi connectivity index (χ0v) is 12.3. The quantitative estimate of drug-likeness (QED) is 0.914. The van der Waals surface area contributed by atoms with E-state index in [0.717, 1.165) is 6.54 Å². The van der Waals surface area contributed by atoms with Crippen molar-refractivity contribution in [2.75, 3.05) is 18.0 Å². The molecule has 1 aromatic rings. The Labute approximate surface area is 113 Å². The highest BCUT2D eigenvalue weighted by atomic mass is 79.9. The maximum Gasteiger partial charge on any atom is 0.0412 e. The number of halogens is 1. The van der Waals surface area contributed by atoms with Crippen molar-refractivity contribution in [3.05, 3.63) is 28.2 Å². The number of anilines is 1. The van der Waals surface area contributed by atoms with Gasteiger partial charge in [0.25, 0.3) is 0 Å². The molecule has 0 bridgehead atoms. The van der Waals surface area contributed by atoms with Crippen LogP contribution >= 0.6 is 15.9 Å².